The van der Waals surface area contributed by atoms with Gasteiger partial charge in [0.25, 0.3) is 0 Å². The van der Waals surface area contributed by atoms with Gasteiger partial charge in [-0.1, -0.05) is 18.2 Å². The van der Waals surface area contributed by atoms with E-state index < -0.39 is 0 Å². The Balaban J connectivity index is 2.12. The van der Waals surface area contributed by atoms with Gasteiger partial charge in [-0.3, -0.25) is 4.79 Å². The summed E-state index contributed by atoms with van der Waals surface area (Å²) in [7, 11) is 1.60. The second-order valence-electron chi connectivity index (χ2n) is 4.30. The molecule has 0 fully saturated rings. The molecule has 0 radical (unpaired) electrons. The molecule has 4 heteroatoms. The van der Waals surface area contributed by atoms with Crippen molar-refractivity contribution in [1.82, 2.24) is 0 Å². The van der Waals surface area contributed by atoms with Crippen LogP contribution in [0.3, 0.4) is 0 Å². The maximum atomic E-state index is 12.2. The maximum absolute atomic E-state index is 12.2. The second kappa shape index (κ2) is 7.55. The fraction of sp³-hybridized carbons (Fsp3) is 0.118. The SMILES string of the molecule is COc1ccc(C(=O)/C=C(/Nc2ccccc2)SC)cc1. The highest BCUT2D eigenvalue weighted by molar-refractivity contribution is 8.02. The number of allylic oxidation sites excluding steroid dienone is 1. The van der Waals surface area contributed by atoms with Gasteiger partial charge in [0.1, 0.15) is 5.75 Å². The molecule has 2 rings (SSSR count). The summed E-state index contributed by atoms with van der Waals surface area (Å²) < 4.78 is 5.09. The monoisotopic (exact) mass is 299 g/mol. The van der Waals surface area contributed by atoms with E-state index in [-0.39, 0.29) is 5.78 Å². The molecule has 21 heavy (non-hydrogen) atoms. The summed E-state index contributed by atoms with van der Waals surface area (Å²) >= 11 is 1.50. The Kier molecular flexibility index (Phi) is 5.46. The normalized spacial score (nSPS) is 11.0. The third-order valence-corrected chi connectivity index (χ3v) is 3.56. The molecule has 2 aromatic carbocycles. The van der Waals surface area contributed by atoms with Gasteiger partial charge in [-0.05, 0) is 42.7 Å². The quantitative estimate of drug-likeness (QED) is 0.641. The fourth-order valence-corrected chi connectivity index (χ4v) is 2.21. The molecule has 0 aliphatic carbocycles. The number of ketones is 1. The predicted octanol–water partition coefficient (Wildman–Crippen LogP) is 4.19. The van der Waals surface area contributed by atoms with Crippen molar-refractivity contribution in [3.63, 3.8) is 0 Å². The van der Waals surface area contributed by atoms with Gasteiger partial charge in [0.05, 0.1) is 12.1 Å². The average molecular weight is 299 g/mol. The number of hydrogen-bond acceptors (Lipinski definition) is 4. The fourth-order valence-electron chi connectivity index (χ4n) is 1.77. The van der Waals surface area contributed by atoms with Crippen LogP contribution in [0.15, 0.2) is 65.7 Å². The number of para-hydroxylation sites is 1. The van der Waals surface area contributed by atoms with Crippen LogP contribution in [-0.2, 0) is 0 Å². The van der Waals surface area contributed by atoms with Gasteiger partial charge in [0, 0.05) is 17.3 Å². The van der Waals surface area contributed by atoms with E-state index in [9.17, 15) is 4.79 Å². The number of nitrogens with one attached hydrogen (secondary N) is 1. The zero-order valence-corrected chi connectivity index (χ0v) is 12.8. The Morgan fingerprint density at radius 3 is 2.33 bits per heavy atom. The lowest BCUT2D eigenvalue weighted by molar-refractivity contribution is 0.104. The maximum Gasteiger partial charge on any atom is 0.188 e. The number of rotatable bonds is 6. The first kappa shape index (κ1) is 15.2. The third-order valence-electron chi connectivity index (χ3n) is 2.90. The summed E-state index contributed by atoms with van der Waals surface area (Å²) in [5, 5.41) is 4.04. The van der Waals surface area contributed by atoms with Crippen LogP contribution >= 0.6 is 11.8 Å². The number of ether oxygens (including phenoxy) is 1. The third kappa shape index (κ3) is 4.39. The van der Waals surface area contributed by atoms with Crippen molar-refractivity contribution < 1.29 is 9.53 Å². The van der Waals surface area contributed by atoms with Gasteiger partial charge in [-0.15, -0.1) is 11.8 Å². The number of benzene rings is 2. The molecule has 0 aliphatic heterocycles. The minimum absolute atomic E-state index is 0.0366. The molecule has 0 aromatic heterocycles. The minimum Gasteiger partial charge on any atom is -0.497 e. The van der Waals surface area contributed by atoms with E-state index in [4.69, 9.17) is 4.74 Å². The molecule has 0 saturated heterocycles. The predicted molar refractivity (Wildman–Crippen MR) is 89.0 cm³/mol. The van der Waals surface area contributed by atoms with Crippen molar-refractivity contribution in [1.29, 1.82) is 0 Å². The highest BCUT2D eigenvalue weighted by Gasteiger charge is 2.05. The largest absolute Gasteiger partial charge is 0.497 e. The van der Waals surface area contributed by atoms with E-state index >= 15 is 0 Å². The summed E-state index contributed by atoms with van der Waals surface area (Å²) in [6, 6.07) is 16.9. The van der Waals surface area contributed by atoms with Crippen molar-refractivity contribution in [3.8, 4) is 5.75 Å². The molecule has 1 N–H and O–H groups in total. The average Bonchev–Trinajstić information content (AvgIpc) is 2.55. The number of carbonyl (C=O) groups excluding carboxylic acids is 1. The standard InChI is InChI=1S/C17H17NO2S/c1-20-15-10-8-13(9-11-15)16(19)12-17(21-2)18-14-6-4-3-5-7-14/h3-12,18H,1-2H3/b17-12-. The van der Waals surface area contributed by atoms with Crippen LogP contribution in [0.5, 0.6) is 5.75 Å². The molecule has 2 aromatic rings. The van der Waals surface area contributed by atoms with Crippen LogP contribution in [0.25, 0.3) is 0 Å². The summed E-state index contributed by atoms with van der Waals surface area (Å²) in [6.45, 7) is 0. The van der Waals surface area contributed by atoms with Crippen molar-refractivity contribution >= 4 is 23.2 Å². The van der Waals surface area contributed by atoms with Crippen LogP contribution < -0.4 is 10.1 Å². The van der Waals surface area contributed by atoms with E-state index in [0.717, 1.165) is 16.5 Å². The van der Waals surface area contributed by atoms with Crippen molar-refractivity contribution in [2.24, 2.45) is 0 Å². The topological polar surface area (TPSA) is 38.3 Å². The summed E-state index contributed by atoms with van der Waals surface area (Å²) in [6.07, 6.45) is 3.54. The molecule has 3 nitrogen and oxygen atoms in total. The lowest BCUT2D eigenvalue weighted by atomic mass is 10.1. The second-order valence-corrected chi connectivity index (χ2v) is 5.14. The molecule has 0 heterocycles. The zero-order chi connectivity index (χ0) is 15.1. The molecule has 0 spiro atoms. The van der Waals surface area contributed by atoms with E-state index in [2.05, 4.69) is 5.32 Å². The number of anilines is 1. The highest BCUT2D eigenvalue weighted by atomic mass is 32.2. The summed E-state index contributed by atoms with van der Waals surface area (Å²) in [5.41, 5.74) is 1.60. The molecule has 0 bridgehead atoms. The summed E-state index contributed by atoms with van der Waals surface area (Å²) in [5.74, 6) is 0.702. The minimum atomic E-state index is -0.0366. The van der Waals surface area contributed by atoms with E-state index in [1.807, 2.05) is 36.6 Å². The Morgan fingerprint density at radius 1 is 1.10 bits per heavy atom. The lowest BCUT2D eigenvalue weighted by Crippen LogP contribution is -2.01. The smallest absolute Gasteiger partial charge is 0.188 e. The van der Waals surface area contributed by atoms with Gasteiger partial charge in [-0.25, -0.2) is 0 Å². The number of hydrogen-bond donors (Lipinski definition) is 1. The van der Waals surface area contributed by atoms with Crippen LogP contribution in [-0.4, -0.2) is 19.1 Å². The molecule has 0 amide bonds. The first-order valence-corrected chi connectivity index (χ1v) is 7.71. The van der Waals surface area contributed by atoms with Crippen LogP contribution in [0.2, 0.25) is 0 Å². The van der Waals surface area contributed by atoms with Crippen molar-refractivity contribution in [2.45, 2.75) is 0 Å². The van der Waals surface area contributed by atoms with Crippen molar-refractivity contribution in [2.75, 3.05) is 18.7 Å². The Morgan fingerprint density at radius 2 is 1.76 bits per heavy atom. The zero-order valence-electron chi connectivity index (χ0n) is 12.0. The molecule has 0 aliphatic rings. The lowest BCUT2D eigenvalue weighted by Gasteiger charge is -2.08. The Hall–Kier alpha value is -2.20. The number of thioether (sulfide) groups is 1. The van der Waals surface area contributed by atoms with Gasteiger partial charge < -0.3 is 10.1 Å². The Bertz CT molecular complexity index is 621. The van der Waals surface area contributed by atoms with Gasteiger partial charge in [0.2, 0.25) is 0 Å². The Labute approximate surface area is 129 Å². The summed E-state index contributed by atoms with van der Waals surface area (Å²) in [4.78, 5) is 12.2. The molecule has 0 saturated carbocycles. The van der Waals surface area contributed by atoms with Gasteiger partial charge in [-0.2, -0.15) is 0 Å². The van der Waals surface area contributed by atoms with Gasteiger partial charge >= 0.3 is 0 Å². The number of carbonyl (C=O) groups is 1. The van der Waals surface area contributed by atoms with Crippen LogP contribution in [0.1, 0.15) is 10.4 Å². The van der Waals surface area contributed by atoms with E-state index in [0.29, 0.717) is 5.56 Å². The first-order chi connectivity index (χ1) is 10.2. The molecule has 0 atom stereocenters. The van der Waals surface area contributed by atoms with Crippen LogP contribution in [0.4, 0.5) is 5.69 Å². The highest BCUT2D eigenvalue weighted by Crippen LogP contribution is 2.18. The van der Waals surface area contributed by atoms with Crippen LogP contribution in [0, 0.1) is 0 Å². The molecular weight excluding hydrogens is 282 g/mol. The number of methoxy groups -OCH3 is 1. The van der Waals surface area contributed by atoms with E-state index in [1.54, 1.807) is 37.5 Å². The van der Waals surface area contributed by atoms with E-state index in [1.165, 1.54) is 11.8 Å². The molecule has 108 valence electrons. The molecule has 0 unspecified atom stereocenters. The van der Waals surface area contributed by atoms with Gasteiger partial charge in [0.15, 0.2) is 5.78 Å². The first-order valence-electron chi connectivity index (χ1n) is 6.49. The molecular formula is C17H17NO2S. The van der Waals surface area contributed by atoms with Crippen molar-refractivity contribution in [3.05, 3.63) is 71.3 Å².